The monoisotopic (exact) mass is 174 g/mol. The van der Waals surface area contributed by atoms with Gasteiger partial charge in [-0.1, -0.05) is 17.8 Å². The van der Waals surface area contributed by atoms with E-state index in [1.807, 2.05) is 0 Å². The molecular formula is C6H7ClN2O2. The van der Waals surface area contributed by atoms with E-state index in [2.05, 4.69) is 16.8 Å². The van der Waals surface area contributed by atoms with E-state index in [1.165, 1.54) is 0 Å². The molecule has 1 aromatic rings. The molecule has 0 bridgehead atoms. The third kappa shape index (κ3) is 2.23. The van der Waals surface area contributed by atoms with Crippen LogP contribution in [-0.4, -0.2) is 16.8 Å². The Morgan fingerprint density at radius 2 is 2.45 bits per heavy atom. The molecule has 0 spiro atoms. The van der Waals surface area contributed by atoms with Crippen LogP contribution in [0.2, 0.25) is 0 Å². The molecule has 0 radical (unpaired) electrons. The second-order valence-electron chi connectivity index (χ2n) is 1.70. The minimum Gasteiger partial charge on any atom is -0.445 e. The lowest BCUT2D eigenvalue weighted by Crippen LogP contribution is -1.91. The van der Waals surface area contributed by atoms with Crippen LogP contribution in [0, 0.1) is 0 Å². The fourth-order valence-corrected chi connectivity index (χ4v) is 0.589. The van der Waals surface area contributed by atoms with Crippen LogP contribution in [0.15, 0.2) is 17.1 Å². The van der Waals surface area contributed by atoms with Crippen molar-refractivity contribution in [1.29, 1.82) is 0 Å². The molecule has 0 atom stereocenters. The predicted molar refractivity (Wildman–Crippen MR) is 39.5 cm³/mol. The molecule has 0 saturated carbocycles. The number of hydrogen-bond acceptors (Lipinski definition) is 4. The number of nitrogens with zero attached hydrogens (tertiary/aromatic N) is 2. The van der Waals surface area contributed by atoms with Gasteiger partial charge in [0, 0.05) is 0 Å². The summed E-state index contributed by atoms with van der Waals surface area (Å²) < 4.78 is 9.83. The SMILES string of the molecule is C=CCOc1nnc(CCl)o1. The van der Waals surface area contributed by atoms with Crippen molar-refractivity contribution in [3.8, 4) is 6.08 Å². The molecule has 11 heavy (non-hydrogen) atoms. The highest BCUT2D eigenvalue weighted by molar-refractivity contribution is 6.16. The topological polar surface area (TPSA) is 48.2 Å². The fourth-order valence-electron chi connectivity index (χ4n) is 0.481. The van der Waals surface area contributed by atoms with E-state index in [0.717, 1.165) is 0 Å². The van der Waals surface area contributed by atoms with Gasteiger partial charge in [-0.2, -0.15) is 0 Å². The average Bonchev–Trinajstić information content (AvgIpc) is 2.48. The van der Waals surface area contributed by atoms with E-state index >= 15 is 0 Å². The van der Waals surface area contributed by atoms with Crippen LogP contribution in [0.4, 0.5) is 0 Å². The Kier molecular flexibility index (Phi) is 2.92. The molecule has 0 saturated heterocycles. The molecule has 4 nitrogen and oxygen atoms in total. The maximum Gasteiger partial charge on any atom is 0.414 e. The molecular weight excluding hydrogens is 168 g/mol. The minimum atomic E-state index is 0.126. The summed E-state index contributed by atoms with van der Waals surface area (Å²) in [5.74, 6) is 0.551. The van der Waals surface area contributed by atoms with E-state index in [9.17, 15) is 0 Å². The summed E-state index contributed by atoms with van der Waals surface area (Å²) in [4.78, 5) is 0. The van der Waals surface area contributed by atoms with Crippen molar-refractivity contribution in [2.45, 2.75) is 5.88 Å². The van der Waals surface area contributed by atoms with Gasteiger partial charge >= 0.3 is 6.08 Å². The van der Waals surface area contributed by atoms with E-state index < -0.39 is 0 Å². The largest absolute Gasteiger partial charge is 0.445 e. The predicted octanol–water partition coefficient (Wildman–Crippen LogP) is 1.37. The molecule has 1 rings (SSSR count). The van der Waals surface area contributed by atoms with Gasteiger partial charge in [0.1, 0.15) is 12.5 Å². The zero-order chi connectivity index (χ0) is 8.10. The van der Waals surface area contributed by atoms with Gasteiger partial charge in [0.2, 0.25) is 5.89 Å². The van der Waals surface area contributed by atoms with Gasteiger partial charge in [-0.05, 0) is 0 Å². The van der Waals surface area contributed by atoms with Gasteiger partial charge in [-0.15, -0.1) is 16.7 Å². The third-order valence-corrected chi connectivity index (χ3v) is 1.12. The van der Waals surface area contributed by atoms with E-state index in [1.54, 1.807) is 6.08 Å². The summed E-state index contributed by atoms with van der Waals surface area (Å²) in [5.41, 5.74) is 0. The quantitative estimate of drug-likeness (QED) is 0.511. The summed E-state index contributed by atoms with van der Waals surface area (Å²) >= 11 is 5.40. The average molecular weight is 175 g/mol. The number of aromatic nitrogens is 2. The molecule has 0 unspecified atom stereocenters. The van der Waals surface area contributed by atoms with Crippen LogP contribution in [0.1, 0.15) is 5.89 Å². The van der Waals surface area contributed by atoms with Crippen LogP contribution in [-0.2, 0) is 5.88 Å². The lowest BCUT2D eigenvalue weighted by atomic mass is 10.7. The zero-order valence-corrected chi connectivity index (χ0v) is 6.54. The Hall–Kier alpha value is -1.03. The maximum absolute atomic E-state index is 5.40. The third-order valence-electron chi connectivity index (χ3n) is 0.887. The van der Waals surface area contributed by atoms with Crippen LogP contribution >= 0.6 is 11.6 Å². The molecule has 60 valence electrons. The molecule has 5 heteroatoms. The number of rotatable bonds is 4. The first kappa shape index (κ1) is 8.07. The molecule has 0 amide bonds. The first-order valence-corrected chi connectivity index (χ1v) is 3.52. The Bertz CT molecular complexity index is 236. The van der Waals surface area contributed by atoms with Crippen molar-refractivity contribution in [2.24, 2.45) is 0 Å². The highest BCUT2D eigenvalue weighted by atomic mass is 35.5. The summed E-state index contributed by atoms with van der Waals surface area (Å²) in [6.07, 6.45) is 1.71. The van der Waals surface area contributed by atoms with Gasteiger partial charge in [-0.3, -0.25) is 0 Å². The normalized spacial score (nSPS) is 9.55. The number of alkyl halides is 1. The van der Waals surface area contributed by atoms with Crippen molar-refractivity contribution in [2.75, 3.05) is 6.61 Å². The lowest BCUT2D eigenvalue weighted by Gasteiger charge is -1.91. The standard InChI is InChI=1S/C6H7ClN2O2/c1-2-3-10-6-9-8-5(4-7)11-6/h2H,1,3-4H2. The smallest absolute Gasteiger partial charge is 0.414 e. The second kappa shape index (κ2) is 3.98. The summed E-state index contributed by atoms with van der Waals surface area (Å²) in [6, 6.07) is 0. The first-order valence-electron chi connectivity index (χ1n) is 2.99. The minimum absolute atomic E-state index is 0.126. The fraction of sp³-hybridized carbons (Fsp3) is 0.333. The molecule has 0 aliphatic carbocycles. The summed E-state index contributed by atoms with van der Waals surface area (Å²) in [6.45, 7) is 3.81. The molecule has 0 aromatic carbocycles. The van der Waals surface area contributed by atoms with E-state index in [4.69, 9.17) is 20.8 Å². The molecule has 0 aliphatic rings. The Balaban J connectivity index is 2.50. The highest BCUT2D eigenvalue weighted by Gasteiger charge is 2.03. The van der Waals surface area contributed by atoms with E-state index in [-0.39, 0.29) is 12.0 Å². The first-order chi connectivity index (χ1) is 5.36. The second-order valence-corrected chi connectivity index (χ2v) is 1.96. The van der Waals surface area contributed by atoms with Crippen molar-refractivity contribution in [1.82, 2.24) is 10.2 Å². The molecule has 0 fully saturated rings. The number of ether oxygens (including phenoxy) is 1. The summed E-state index contributed by atoms with van der Waals surface area (Å²) in [7, 11) is 0. The Labute approximate surface area is 68.8 Å². The zero-order valence-electron chi connectivity index (χ0n) is 5.79. The van der Waals surface area contributed by atoms with Gasteiger partial charge in [-0.25, -0.2) is 0 Å². The molecule has 0 aliphatic heterocycles. The van der Waals surface area contributed by atoms with Gasteiger partial charge in [0.05, 0.1) is 0 Å². The summed E-state index contributed by atoms with van der Waals surface area (Å²) in [5, 5.41) is 7.13. The van der Waals surface area contributed by atoms with Crippen LogP contribution in [0.5, 0.6) is 6.08 Å². The lowest BCUT2D eigenvalue weighted by molar-refractivity contribution is 0.253. The van der Waals surface area contributed by atoms with Crippen molar-refractivity contribution >= 4 is 11.6 Å². The molecule has 0 N–H and O–H groups in total. The van der Waals surface area contributed by atoms with E-state index in [0.29, 0.717) is 12.5 Å². The Morgan fingerprint density at radius 3 is 3.00 bits per heavy atom. The highest BCUT2D eigenvalue weighted by Crippen LogP contribution is 2.09. The number of hydrogen-bond donors (Lipinski definition) is 0. The molecule has 1 aromatic heterocycles. The Morgan fingerprint density at radius 1 is 1.64 bits per heavy atom. The van der Waals surface area contributed by atoms with Crippen LogP contribution in [0.25, 0.3) is 0 Å². The maximum atomic E-state index is 5.40. The van der Waals surface area contributed by atoms with Crippen LogP contribution in [0.3, 0.4) is 0 Å². The van der Waals surface area contributed by atoms with Crippen molar-refractivity contribution in [3.05, 3.63) is 18.5 Å². The van der Waals surface area contributed by atoms with Crippen molar-refractivity contribution in [3.63, 3.8) is 0 Å². The number of halogens is 1. The van der Waals surface area contributed by atoms with Crippen LogP contribution < -0.4 is 4.74 Å². The molecule has 1 heterocycles. The van der Waals surface area contributed by atoms with Gasteiger partial charge in [0.25, 0.3) is 0 Å². The van der Waals surface area contributed by atoms with Gasteiger partial charge < -0.3 is 9.15 Å². The van der Waals surface area contributed by atoms with Gasteiger partial charge in [0.15, 0.2) is 0 Å². The van der Waals surface area contributed by atoms with Crippen molar-refractivity contribution < 1.29 is 9.15 Å².